The monoisotopic (exact) mass is 235 g/mol. The molecule has 5 heteroatoms. The minimum Gasteiger partial charge on any atom is -0.369 e. The smallest absolute Gasteiger partial charge is 0.270 e. The summed E-state index contributed by atoms with van der Waals surface area (Å²) in [4.78, 5) is 19.9. The van der Waals surface area contributed by atoms with Crippen LogP contribution in [0.1, 0.15) is 29.7 Å². The van der Waals surface area contributed by atoms with Crippen molar-refractivity contribution in [1.29, 1.82) is 0 Å². The zero-order chi connectivity index (χ0) is 11.1. The van der Waals surface area contributed by atoms with Gasteiger partial charge < -0.3 is 5.73 Å². The van der Waals surface area contributed by atoms with E-state index in [1.807, 2.05) is 0 Å². The lowest BCUT2D eigenvalue weighted by atomic mass is 10.1. The van der Waals surface area contributed by atoms with E-state index < -0.39 is 0 Å². The molecule has 0 saturated carbocycles. The highest BCUT2D eigenvalue weighted by Gasteiger charge is 2.17. The summed E-state index contributed by atoms with van der Waals surface area (Å²) in [5.74, 6) is 0.224. The van der Waals surface area contributed by atoms with Crippen molar-refractivity contribution in [2.24, 2.45) is 0 Å². The van der Waals surface area contributed by atoms with Crippen LogP contribution >= 0.6 is 11.3 Å². The molecule has 2 aromatic rings. The minimum atomic E-state index is -0.0967. The predicted octanol–water partition coefficient (Wildman–Crippen LogP) is 1.84. The first-order valence-electron chi connectivity index (χ1n) is 5.56. The molecule has 1 aliphatic rings. The van der Waals surface area contributed by atoms with E-state index >= 15 is 0 Å². The summed E-state index contributed by atoms with van der Waals surface area (Å²) < 4.78 is 0.737. The fourth-order valence-corrected chi connectivity index (χ4v) is 3.54. The summed E-state index contributed by atoms with van der Waals surface area (Å²) in [6, 6.07) is 0. The highest BCUT2D eigenvalue weighted by Crippen LogP contribution is 2.32. The molecule has 3 N–H and O–H groups in total. The van der Waals surface area contributed by atoms with Gasteiger partial charge in [0.2, 0.25) is 5.95 Å². The second-order valence-electron chi connectivity index (χ2n) is 4.19. The standard InChI is InChI=1S/C11H13N3OS/c12-11-13-8-6-4-2-1-3-5-7(6)16-9(8)10(15)14-11/h1-5H2,(H3,12,13,14,15). The largest absolute Gasteiger partial charge is 0.369 e. The Morgan fingerprint density at radius 2 is 2.06 bits per heavy atom. The van der Waals surface area contributed by atoms with Crippen molar-refractivity contribution in [2.45, 2.75) is 32.1 Å². The van der Waals surface area contributed by atoms with Gasteiger partial charge in [-0.1, -0.05) is 6.42 Å². The second kappa shape index (κ2) is 3.59. The van der Waals surface area contributed by atoms with Crippen molar-refractivity contribution >= 4 is 27.5 Å². The first-order valence-corrected chi connectivity index (χ1v) is 6.37. The van der Waals surface area contributed by atoms with Gasteiger partial charge in [0.1, 0.15) is 4.70 Å². The third-order valence-corrected chi connectivity index (χ3v) is 4.35. The Morgan fingerprint density at radius 1 is 1.25 bits per heavy atom. The number of aryl methyl sites for hydroxylation is 2. The van der Waals surface area contributed by atoms with Crippen LogP contribution in [0.25, 0.3) is 10.2 Å². The first kappa shape index (κ1) is 9.84. The maximum Gasteiger partial charge on any atom is 0.270 e. The molecule has 4 nitrogen and oxygen atoms in total. The molecule has 0 spiro atoms. The quantitative estimate of drug-likeness (QED) is 0.684. The molecule has 0 unspecified atom stereocenters. The number of nitrogens with two attached hydrogens (primary N) is 1. The van der Waals surface area contributed by atoms with Crippen molar-refractivity contribution in [1.82, 2.24) is 9.97 Å². The van der Waals surface area contributed by atoms with E-state index in [1.54, 1.807) is 11.3 Å². The van der Waals surface area contributed by atoms with E-state index in [1.165, 1.54) is 29.7 Å². The number of nitrogen functional groups attached to an aromatic ring is 1. The van der Waals surface area contributed by atoms with Gasteiger partial charge in [0.25, 0.3) is 5.56 Å². The van der Waals surface area contributed by atoms with E-state index in [9.17, 15) is 4.79 Å². The maximum absolute atomic E-state index is 11.7. The SMILES string of the molecule is Nc1nc2c3c(sc2c(=O)[nH]1)CCCCC3. The number of aromatic nitrogens is 2. The molecule has 0 atom stereocenters. The molecule has 1 aliphatic carbocycles. The number of rotatable bonds is 0. The van der Waals surface area contributed by atoms with Crippen molar-refractivity contribution in [3.8, 4) is 0 Å². The van der Waals surface area contributed by atoms with Crippen LogP contribution < -0.4 is 11.3 Å². The van der Waals surface area contributed by atoms with Gasteiger partial charge in [0, 0.05) is 4.88 Å². The highest BCUT2D eigenvalue weighted by atomic mass is 32.1. The van der Waals surface area contributed by atoms with Gasteiger partial charge >= 0.3 is 0 Å². The third-order valence-electron chi connectivity index (χ3n) is 3.07. The Morgan fingerprint density at radius 3 is 2.94 bits per heavy atom. The van der Waals surface area contributed by atoms with E-state index in [0.29, 0.717) is 0 Å². The van der Waals surface area contributed by atoms with Gasteiger partial charge in [-0.05, 0) is 31.2 Å². The Bertz CT molecular complexity index is 599. The van der Waals surface area contributed by atoms with Gasteiger partial charge in [-0.15, -0.1) is 11.3 Å². The molecule has 0 fully saturated rings. The van der Waals surface area contributed by atoms with Gasteiger partial charge in [-0.3, -0.25) is 9.78 Å². The Kier molecular flexibility index (Phi) is 2.21. The molecule has 0 saturated heterocycles. The number of nitrogens with one attached hydrogen (secondary N) is 1. The summed E-state index contributed by atoms with van der Waals surface area (Å²) in [6.07, 6.45) is 5.78. The molecule has 84 valence electrons. The molecule has 3 rings (SSSR count). The van der Waals surface area contributed by atoms with E-state index in [4.69, 9.17) is 5.73 Å². The van der Waals surface area contributed by atoms with Gasteiger partial charge in [0.05, 0.1) is 5.52 Å². The average Bonchev–Trinajstić information content (AvgIpc) is 2.46. The number of thiophene rings is 1. The van der Waals surface area contributed by atoms with Gasteiger partial charge in [0.15, 0.2) is 0 Å². The summed E-state index contributed by atoms with van der Waals surface area (Å²) in [5, 5.41) is 0. The van der Waals surface area contributed by atoms with Gasteiger partial charge in [-0.2, -0.15) is 0 Å². The molecular weight excluding hydrogens is 222 g/mol. The fourth-order valence-electron chi connectivity index (χ4n) is 2.32. The molecule has 0 aromatic carbocycles. The van der Waals surface area contributed by atoms with Crippen LogP contribution in [-0.4, -0.2) is 9.97 Å². The lowest BCUT2D eigenvalue weighted by molar-refractivity contribution is 0.713. The average molecular weight is 235 g/mol. The van der Waals surface area contributed by atoms with Crippen molar-refractivity contribution in [3.05, 3.63) is 20.8 Å². The molecule has 2 heterocycles. The highest BCUT2D eigenvalue weighted by molar-refractivity contribution is 7.19. The molecule has 0 radical (unpaired) electrons. The number of H-pyrrole nitrogens is 1. The van der Waals surface area contributed by atoms with Crippen LogP contribution in [0, 0.1) is 0 Å². The Hall–Kier alpha value is -1.36. The second-order valence-corrected chi connectivity index (χ2v) is 5.30. The molecule has 16 heavy (non-hydrogen) atoms. The Labute approximate surface area is 96.5 Å². The summed E-state index contributed by atoms with van der Waals surface area (Å²) in [7, 11) is 0. The topological polar surface area (TPSA) is 71.8 Å². The lowest BCUT2D eigenvalue weighted by Gasteiger charge is -1.97. The zero-order valence-electron chi connectivity index (χ0n) is 8.88. The van der Waals surface area contributed by atoms with E-state index in [-0.39, 0.29) is 11.5 Å². The lowest BCUT2D eigenvalue weighted by Crippen LogP contribution is -2.09. The summed E-state index contributed by atoms with van der Waals surface area (Å²) in [6.45, 7) is 0. The minimum absolute atomic E-state index is 0.0967. The van der Waals surface area contributed by atoms with Crippen LogP contribution in [0.5, 0.6) is 0 Å². The van der Waals surface area contributed by atoms with Crippen LogP contribution in [0.4, 0.5) is 5.95 Å². The maximum atomic E-state index is 11.7. The van der Waals surface area contributed by atoms with Crippen molar-refractivity contribution in [3.63, 3.8) is 0 Å². The van der Waals surface area contributed by atoms with E-state index in [0.717, 1.165) is 23.1 Å². The zero-order valence-corrected chi connectivity index (χ0v) is 9.69. The number of fused-ring (bicyclic) bond motifs is 3. The molecule has 0 aliphatic heterocycles. The van der Waals surface area contributed by atoms with Crippen molar-refractivity contribution in [2.75, 3.05) is 5.73 Å². The van der Waals surface area contributed by atoms with Crippen LogP contribution in [0.2, 0.25) is 0 Å². The number of aromatic amines is 1. The van der Waals surface area contributed by atoms with Crippen LogP contribution in [0.15, 0.2) is 4.79 Å². The normalized spacial score (nSPS) is 16.0. The predicted molar refractivity (Wildman–Crippen MR) is 65.9 cm³/mol. The fraction of sp³-hybridized carbons (Fsp3) is 0.455. The summed E-state index contributed by atoms with van der Waals surface area (Å²) >= 11 is 1.59. The molecule has 0 bridgehead atoms. The molecular formula is C11H13N3OS. The van der Waals surface area contributed by atoms with Gasteiger partial charge in [-0.25, -0.2) is 4.98 Å². The number of nitrogens with zero attached hydrogens (tertiary/aromatic N) is 1. The number of anilines is 1. The summed E-state index contributed by atoms with van der Waals surface area (Å²) in [5.41, 5.74) is 7.59. The molecule has 2 aromatic heterocycles. The Balaban J connectivity index is 2.34. The van der Waals surface area contributed by atoms with Crippen LogP contribution in [0.3, 0.4) is 0 Å². The first-order chi connectivity index (χ1) is 7.75. The third kappa shape index (κ3) is 1.43. The molecule has 0 amide bonds. The number of hydrogen-bond donors (Lipinski definition) is 2. The van der Waals surface area contributed by atoms with E-state index in [2.05, 4.69) is 9.97 Å². The number of hydrogen-bond acceptors (Lipinski definition) is 4. The van der Waals surface area contributed by atoms with Crippen LogP contribution in [-0.2, 0) is 12.8 Å². The van der Waals surface area contributed by atoms with Crippen molar-refractivity contribution < 1.29 is 0 Å².